The second kappa shape index (κ2) is 6.10. The zero-order chi connectivity index (χ0) is 14.8. The lowest BCUT2D eigenvalue weighted by Crippen LogP contribution is -2.71. The average Bonchev–Trinajstić information content (AvgIpc) is 2.42. The summed E-state index contributed by atoms with van der Waals surface area (Å²) < 4.78 is 12.9. The van der Waals surface area contributed by atoms with Crippen molar-refractivity contribution in [2.24, 2.45) is 5.92 Å². The van der Waals surface area contributed by atoms with Gasteiger partial charge in [0.15, 0.2) is 0 Å². The lowest BCUT2D eigenvalue weighted by atomic mass is 9.77. The zero-order valence-corrected chi connectivity index (χ0v) is 12.5. The van der Waals surface area contributed by atoms with Gasteiger partial charge >= 0.3 is 0 Å². The number of halogens is 1. The summed E-state index contributed by atoms with van der Waals surface area (Å²) >= 11 is 0. The van der Waals surface area contributed by atoms with E-state index in [1.807, 2.05) is 13.8 Å². The van der Waals surface area contributed by atoms with Crippen molar-refractivity contribution in [1.82, 2.24) is 10.2 Å². The number of rotatable bonds is 4. The van der Waals surface area contributed by atoms with Gasteiger partial charge in [-0.3, -0.25) is 9.59 Å². The van der Waals surface area contributed by atoms with Crippen molar-refractivity contribution >= 4 is 11.8 Å². The van der Waals surface area contributed by atoms with E-state index in [1.54, 1.807) is 0 Å². The Morgan fingerprint density at radius 2 is 1.95 bits per heavy atom. The molecule has 4 nitrogen and oxygen atoms in total. The van der Waals surface area contributed by atoms with Crippen LogP contribution >= 0.6 is 0 Å². The number of carbonyl (C=O) groups excluding carboxylic acids is 2. The molecular weight excluding hydrogens is 259 g/mol. The lowest BCUT2D eigenvalue weighted by molar-refractivity contribution is -0.160. The minimum Gasteiger partial charge on any atom is -0.342 e. The van der Waals surface area contributed by atoms with Crippen LogP contribution in [-0.4, -0.2) is 41.5 Å². The highest BCUT2D eigenvalue weighted by molar-refractivity contribution is 5.99. The summed E-state index contributed by atoms with van der Waals surface area (Å²) in [5.74, 6) is 0.144. The van der Waals surface area contributed by atoms with E-state index in [0.717, 1.165) is 19.3 Å². The molecule has 114 valence electrons. The Kier molecular flexibility index (Phi) is 4.66. The summed E-state index contributed by atoms with van der Waals surface area (Å²) in [4.78, 5) is 26.7. The summed E-state index contributed by atoms with van der Waals surface area (Å²) in [7, 11) is 0. The Balaban J connectivity index is 2.25. The smallest absolute Gasteiger partial charge is 0.246 e. The number of amides is 2. The fourth-order valence-corrected chi connectivity index (χ4v) is 3.55. The largest absolute Gasteiger partial charge is 0.342 e. The third-order valence-electron chi connectivity index (χ3n) is 4.50. The molecule has 0 bridgehead atoms. The first kappa shape index (κ1) is 15.3. The van der Waals surface area contributed by atoms with Gasteiger partial charge in [0.05, 0.1) is 6.54 Å². The molecule has 20 heavy (non-hydrogen) atoms. The van der Waals surface area contributed by atoms with E-state index >= 15 is 0 Å². The highest BCUT2D eigenvalue weighted by Gasteiger charge is 2.52. The fourth-order valence-electron chi connectivity index (χ4n) is 3.55. The number of carbonyl (C=O) groups is 2. The van der Waals surface area contributed by atoms with Crippen LogP contribution in [0.3, 0.4) is 0 Å². The molecule has 1 saturated heterocycles. The van der Waals surface area contributed by atoms with E-state index in [9.17, 15) is 14.0 Å². The highest BCUT2D eigenvalue weighted by Crippen LogP contribution is 2.37. The summed E-state index contributed by atoms with van der Waals surface area (Å²) in [5.41, 5.74) is -0.783. The van der Waals surface area contributed by atoms with Gasteiger partial charge < -0.3 is 10.2 Å². The Hall–Kier alpha value is -1.13. The molecule has 1 saturated carbocycles. The van der Waals surface area contributed by atoms with Gasteiger partial charge in [-0.15, -0.1) is 0 Å². The molecule has 1 N–H and O–H groups in total. The van der Waals surface area contributed by atoms with Crippen molar-refractivity contribution in [3.63, 3.8) is 0 Å². The monoisotopic (exact) mass is 284 g/mol. The van der Waals surface area contributed by atoms with Crippen LogP contribution in [0.5, 0.6) is 0 Å². The number of hydrogen-bond donors (Lipinski definition) is 1. The Morgan fingerprint density at radius 3 is 2.50 bits per heavy atom. The van der Waals surface area contributed by atoms with Crippen LogP contribution in [-0.2, 0) is 9.59 Å². The lowest BCUT2D eigenvalue weighted by Gasteiger charge is -2.50. The van der Waals surface area contributed by atoms with Crippen LogP contribution in [0.1, 0.15) is 52.4 Å². The second-order valence-electron chi connectivity index (χ2n) is 6.43. The Morgan fingerprint density at radius 1 is 1.30 bits per heavy atom. The predicted octanol–water partition coefficient (Wildman–Crippen LogP) is 2.03. The molecule has 0 aromatic rings. The van der Waals surface area contributed by atoms with E-state index < -0.39 is 18.3 Å². The quantitative estimate of drug-likeness (QED) is 0.859. The van der Waals surface area contributed by atoms with Gasteiger partial charge in [-0.2, -0.15) is 0 Å². The van der Waals surface area contributed by atoms with Gasteiger partial charge in [-0.1, -0.05) is 33.1 Å². The molecule has 1 unspecified atom stereocenters. The number of piperazine rings is 1. The third-order valence-corrected chi connectivity index (χ3v) is 4.50. The van der Waals surface area contributed by atoms with Crippen molar-refractivity contribution in [1.29, 1.82) is 0 Å². The third kappa shape index (κ3) is 2.67. The van der Waals surface area contributed by atoms with Gasteiger partial charge in [0.25, 0.3) is 0 Å². The van der Waals surface area contributed by atoms with Gasteiger partial charge in [0.2, 0.25) is 11.8 Å². The highest BCUT2D eigenvalue weighted by atomic mass is 19.1. The number of alkyl halides is 1. The summed E-state index contributed by atoms with van der Waals surface area (Å²) in [6, 6.07) is -0.485. The molecule has 1 aliphatic carbocycles. The van der Waals surface area contributed by atoms with Crippen molar-refractivity contribution in [2.75, 3.05) is 13.2 Å². The zero-order valence-electron chi connectivity index (χ0n) is 12.5. The van der Waals surface area contributed by atoms with E-state index in [4.69, 9.17) is 0 Å². The van der Waals surface area contributed by atoms with Crippen LogP contribution in [0.4, 0.5) is 4.39 Å². The topological polar surface area (TPSA) is 49.4 Å². The van der Waals surface area contributed by atoms with Crippen molar-refractivity contribution in [3.8, 4) is 0 Å². The first-order valence-corrected chi connectivity index (χ1v) is 7.69. The second-order valence-corrected chi connectivity index (χ2v) is 6.43. The molecule has 1 atom stereocenters. The van der Waals surface area contributed by atoms with Crippen LogP contribution in [0.25, 0.3) is 0 Å². The van der Waals surface area contributed by atoms with Gasteiger partial charge in [-0.25, -0.2) is 4.39 Å². The normalized spacial score (nSPS) is 26.2. The van der Waals surface area contributed by atoms with Gasteiger partial charge in [0.1, 0.15) is 18.3 Å². The Labute approximate surface area is 120 Å². The van der Waals surface area contributed by atoms with Crippen LogP contribution in [0, 0.1) is 5.92 Å². The first-order chi connectivity index (χ1) is 9.51. The average molecular weight is 284 g/mol. The maximum absolute atomic E-state index is 12.9. The molecule has 2 rings (SSSR count). The summed E-state index contributed by atoms with van der Waals surface area (Å²) in [6.07, 6.45) is 4.89. The van der Waals surface area contributed by atoms with Crippen LogP contribution < -0.4 is 5.32 Å². The molecule has 1 aliphatic heterocycles. The number of nitrogens with one attached hydrogen (secondary N) is 1. The van der Waals surface area contributed by atoms with E-state index in [-0.39, 0.29) is 18.4 Å². The van der Waals surface area contributed by atoms with Crippen molar-refractivity contribution in [2.45, 2.75) is 64.0 Å². The van der Waals surface area contributed by atoms with Crippen LogP contribution in [0.2, 0.25) is 0 Å². The molecule has 2 fully saturated rings. The molecule has 1 heterocycles. The summed E-state index contributed by atoms with van der Waals surface area (Å²) in [5, 5.41) is 2.89. The number of hydrogen-bond acceptors (Lipinski definition) is 2. The van der Waals surface area contributed by atoms with Gasteiger partial charge in [0, 0.05) is 0 Å². The standard InChI is InChI=1S/C15H25FN2O2/c1-11(2)10-12-13(19)18(9-8-16)15(14(20)17-12)6-4-3-5-7-15/h11-12H,3-10H2,1-2H3,(H,17,20). The SMILES string of the molecule is CC(C)CC1NC(=O)C2(CCCCC2)N(CCF)C1=O. The molecule has 5 heteroatoms. The van der Waals surface area contributed by atoms with Gasteiger partial charge in [-0.05, 0) is 25.2 Å². The Bertz CT molecular complexity index is 378. The minimum absolute atomic E-state index is 0.0425. The van der Waals surface area contributed by atoms with E-state index in [2.05, 4.69) is 5.32 Å². The summed E-state index contributed by atoms with van der Waals surface area (Å²) in [6.45, 7) is 3.49. The maximum atomic E-state index is 12.9. The van der Waals surface area contributed by atoms with Crippen molar-refractivity contribution in [3.05, 3.63) is 0 Å². The molecule has 2 amide bonds. The molecule has 2 aliphatic rings. The molecule has 1 spiro atoms. The van der Waals surface area contributed by atoms with E-state index in [1.165, 1.54) is 4.90 Å². The number of nitrogens with zero attached hydrogens (tertiary/aromatic N) is 1. The molecular formula is C15H25FN2O2. The minimum atomic E-state index is -0.783. The first-order valence-electron chi connectivity index (χ1n) is 7.69. The van der Waals surface area contributed by atoms with Crippen molar-refractivity contribution < 1.29 is 14.0 Å². The molecule has 0 aromatic carbocycles. The van der Waals surface area contributed by atoms with E-state index in [0.29, 0.717) is 25.2 Å². The van der Waals surface area contributed by atoms with Crippen LogP contribution in [0.15, 0.2) is 0 Å². The molecule has 0 radical (unpaired) electrons. The fraction of sp³-hybridized carbons (Fsp3) is 0.867. The maximum Gasteiger partial charge on any atom is 0.246 e. The molecule has 0 aromatic heterocycles. The predicted molar refractivity (Wildman–Crippen MR) is 74.9 cm³/mol.